The average molecular weight is 292 g/mol. The molecule has 1 aromatic carbocycles. The molecule has 2 aromatic rings. The van der Waals surface area contributed by atoms with E-state index in [9.17, 15) is 14.0 Å². The van der Waals surface area contributed by atoms with Crippen LogP contribution < -0.4 is 10.6 Å². The number of hydrogen-bond acceptors (Lipinski definition) is 3. The van der Waals surface area contributed by atoms with Crippen molar-refractivity contribution in [1.82, 2.24) is 15.3 Å². The molecule has 0 unspecified atom stereocenters. The quantitative estimate of drug-likeness (QED) is 0.671. The first-order valence-corrected chi connectivity index (χ1v) is 6.13. The average Bonchev–Trinajstić information content (AvgIpc) is 2.94. The predicted octanol–water partition coefficient (Wildman–Crippen LogP) is 1.61. The van der Waals surface area contributed by atoms with Crippen molar-refractivity contribution < 1.29 is 19.1 Å². The molecule has 1 heterocycles. The van der Waals surface area contributed by atoms with Crippen LogP contribution in [0.15, 0.2) is 30.6 Å². The molecule has 0 bridgehead atoms. The number of hydrogen-bond donors (Lipinski definition) is 4. The molecule has 7 nitrogen and oxygen atoms in total. The SMILES string of the molecule is O=C(NCCc1ncc[nH]1)Nc1c(F)cccc1C(=O)O. The van der Waals surface area contributed by atoms with Gasteiger partial charge in [-0.3, -0.25) is 0 Å². The number of urea groups is 1. The number of rotatable bonds is 5. The predicted molar refractivity (Wildman–Crippen MR) is 72.7 cm³/mol. The van der Waals surface area contributed by atoms with Gasteiger partial charge in [0.05, 0.1) is 11.3 Å². The molecule has 21 heavy (non-hydrogen) atoms. The lowest BCUT2D eigenvalue weighted by molar-refractivity contribution is 0.0697. The summed E-state index contributed by atoms with van der Waals surface area (Å²) in [6.45, 7) is 0.274. The van der Waals surface area contributed by atoms with Crippen molar-refractivity contribution >= 4 is 17.7 Å². The van der Waals surface area contributed by atoms with Crippen molar-refractivity contribution in [3.05, 3.63) is 47.8 Å². The molecule has 2 amide bonds. The highest BCUT2D eigenvalue weighted by molar-refractivity contribution is 6.00. The lowest BCUT2D eigenvalue weighted by Gasteiger charge is -2.10. The molecule has 4 N–H and O–H groups in total. The van der Waals surface area contributed by atoms with Gasteiger partial charge in [0.1, 0.15) is 11.6 Å². The highest BCUT2D eigenvalue weighted by Gasteiger charge is 2.16. The van der Waals surface area contributed by atoms with E-state index in [-0.39, 0.29) is 17.8 Å². The molecule has 0 saturated heterocycles. The molecule has 0 atom stereocenters. The first-order chi connectivity index (χ1) is 10.1. The van der Waals surface area contributed by atoms with Crippen molar-refractivity contribution in [1.29, 1.82) is 0 Å². The van der Waals surface area contributed by atoms with Gasteiger partial charge in [0.2, 0.25) is 0 Å². The topological polar surface area (TPSA) is 107 Å². The Morgan fingerprint density at radius 3 is 2.86 bits per heavy atom. The maximum Gasteiger partial charge on any atom is 0.337 e. The maximum absolute atomic E-state index is 13.6. The van der Waals surface area contributed by atoms with Gasteiger partial charge in [0.25, 0.3) is 0 Å². The molecule has 0 aliphatic rings. The van der Waals surface area contributed by atoms with Crippen LogP contribution in [0.3, 0.4) is 0 Å². The minimum atomic E-state index is -1.32. The first-order valence-electron chi connectivity index (χ1n) is 6.13. The molecule has 1 aromatic heterocycles. The number of carboxylic acids is 1. The van der Waals surface area contributed by atoms with Crippen LogP contribution in [-0.4, -0.2) is 33.6 Å². The summed E-state index contributed by atoms with van der Waals surface area (Å²) < 4.78 is 13.6. The van der Waals surface area contributed by atoms with Crippen LogP contribution in [0.2, 0.25) is 0 Å². The van der Waals surface area contributed by atoms with E-state index < -0.39 is 17.8 Å². The summed E-state index contributed by atoms with van der Waals surface area (Å²) >= 11 is 0. The summed E-state index contributed by atoms with van der Waals surface area (Å²) in [5.74, 6) is -1.43. The molecule has 0 saturated carbocycles. The van der Waals surface area contributed by atoms with Gasteiger partial charge in [0.15, 0.2) is 0 Å². The van der Waals surface area contributed by atoms with Gasteiger partial charge >= 0.3 is 12.0 Å². The van der Waals surface area contributed by atoms with Crippen molar-refractivity contribution in [3.63, 3.8) is 0 Å². The largest absolute Gasteiger partial charge is 0.478 e. The summed E-state index contributed by atoms with van der Waals surface area (Å²) in [6.07, 6.45) is 3.73. The van der Waals surface area contributed by atoms with Crippen LogP contribution in [0.4, 0.5) is 14.9 Å². The Hall–Kier alpha value is -2.90. The number of aromatic carboxylic acids is 1. The lowest BCUT2D eigenvalue weighted by Crippen LogP contribution is -2.31. The lowest BCUT2D eigenvalue weighted by atomic mass is 10.1. The zero-order valence-corrected chi connectivity index (χ0v) is 10.9. The number of nitrogens with zero attached hydrogens (tertiary/aromatic N) is 1. The molecule has 110 valence electrons. The second-order valence-corrected chi connectivity index (χ2v) is 4.13. The van der Waals surface area contributed by atoms with Gasteiger partial charge in [0, 0.05) is 25.4 Å². The maximum atomic E-state index is 13.6. The van der Waals surface area contributed by atoms with Crippen molar-refractivity contribution in [2.24, 2.45) is 0 Å². The van der Waals surface area contributed by atoms with Gasteiger partial charge < -0.3 is 20.7 Å². The van der Waals surface area contributed by atoms with Crippen molar-refractivity contribution in [2.75, 3.05) is 11.9 Å². The molecule has 0 fully saturated rings. The molecule has 0 spiro atoms. The van der Waals surface area contributed by atoms with Crippen LogP contribution in [-0.2, 0) is 6.42 Å². The van der Waals surface area contributed by atoms with E-state index in [1.807, 2.05) is 0 Å². The Bertz CT molecular complexity index is 643. The Morgan fingerprint density at radius 2 is 2.19 bits per heavy atom. The standard InChI is InChI=1S/C13H13FN4O3/c14-9-3-1-2-8(12(19)20)11(9)18-13(21)17-5-4-10-15-6-7-16-10/h1-3,6-7H,4-5H2,(H,15,16)(H,19,20)(H2,17,18,21). The third-order valence-electron chi connectivity index (χ3n) is 2.68. The molecule has 0 aliphatic carbocycles. The fraction of sp³-hybridized carbons (Fsp3) is 0.154. The highest BCUT2D eigenvalue weighted by atomic mass is 19.1. The van der Waals surface area contributed by atoms with Gasteiger partial charge in [-0.1, -0.05) is 6.07 Å². The molecule has 2 rings (SSSR count). The Labute approximate surface area is 119 Å². The number of carbonyl (C=O) groups is 2. The number of halogens is 1. The number of imidazole rings is 1. The summed E-state index contributed by atoms with van der Waals surface area (Å²) in [5, 5.41) is 13.7. The number of para-hydroxylation sites is 1. The molecule has 8 heteroatoms. The fourth-order valence-electron chi connectivity index (χ4n) is 1.72. The first kappa shape index (κ1) is 14.5. The van der Waals surface area contributed by atoms with E-state index >= 15 is 0 Å². The Morgan fingerprint density at radius 1 is 1.38 bits per heavy atom. The number of nitrogens with one attached hydrogen (secondary N) is 3. The van der Waals surface area contributed by atoms with Gasteiger partial charge in [-0.2, -0.15) is 0 Å². The van der Waals surface area contributed by atoms with Crippen LogP contribution in [0.5, 0.6) is 0 Å². The van der Waals surface area contributed by atoms with Gasteiger partial charge in [-0.05, 0) is 12.1 Å². The zero-order chi connectivity index (χ0) is 15.2. The van der Waals surface area contributed by atoms with E-state index in [2.05, 4.69) is 20.6 Å². The van der Waals surface area contributed by atoms with Gasteiger partial charge in [-0.25, -0.2) is 19.0 Å². The smallest absolute Gasteiger partial charge is 0.337 e. The zero-order valence-electron chi connectivity index (χ0n) is 10.9. The van der Waals surface area contributed by atoms with E-state index in [1.165, 1.54) is 12.1 Å². The summed E-state index contributed by atoms with van der Waals surface area (Å²) in [7, 11) is 0. The minimum absolute atomic E-state index is 0.274. The second kappa shape index (κ2) is 6.51. The Kier molecular flexibility index (Phi) is 4.50. The highest BCUT2D eigenvalue weighted by Crippen LogP contribution is 2.19. The van der Waals surface area contributed by atoms with E-state index in [0.29, 0.717) is 12.2 Å². The van der Waals surface area contributed by atoms with E-state index in [4.69, 9.17) is 5.11 Å². The normalized spacial score (nSPS) is 10.1. The molecular weight excluding hydrogens is 279 g/mol. The second-order valence-electron chi connectivity index (χ2n) is 4.13. The number of aromatic amines is 1. The number of amides is 2. The number of benzene rings is 1. The minimum Gasteiger partial charge on any atom is -0.478 e. The van der Waals surface area contributed by atoms with Crippen molar-refractivity contribution in [3.8, 4) is 0 Å². The number of anilines is 1. The summed E-state index contributed by atoms with van der Waals surface area (Å²) in [4.78, 5) is 29.5. The number of carbonyl (C=O) groups excluding carboxylic acids is 1. The molecule has 0 aliphatic heterocycles. The number of carboxylic acid groups (broad SMARTS) is 1. The van der Waals surface area contributed by atoms with Crippen LogP contribution in [0.1, 0.15) is 16.2 Å². The monoisotopic (exact) mass is 292 g/mol. The van der Waals surface area contributed by atoms with Crippen LogP contribution >= 0.6 is 0 Å². The van der Waals surface area contributed by atoms with Crippen LogP contribution in [0, 0.1) is 5.82 Å². The van der Waals surface area contributed by atoms with Gasteiger partial charge in [-0.15, -0.1) is 0 Å². The fourth-order valence-corrected chi connectivity index (χ4v) is 1.72. The van der Waals surface area contributed by atoms with E-state index in [1.54, 1.807) is 12.4 Å². The number of aromatic nitrogens is 2. The number of H-pyrrole nitrogens is 1. The van der Waals surface area contributed by atoms with Crippen LogP contribution in [0.25, 0.3) is 0 Å². The molecule has 0 radical (unpaired) electrons. The van der Waals surface area contributed by atoms with Crippen molar-refractivity contribution in [2.45, 2.75) is 6.42 Å². The third-order valence-corrected chi connectivity index (χ3v) is 2.68. The molecular formula is C13H13FN4O3. The Balaban J connectivity index is 1.95. The summed E-state index contributed by atoms with van der Waals surface area (Å²) in [6, 6.07) is 2.86. The van der Waals surface area contributed by atoms with E-state index in [0.717, 1.165) is 6.07 Å². The summed E-state index contributed by atoms with van der Waals surface area (Å²) in [5.41, 5.74) is -0.670. The third kappa shape index (κ3) is 3.78.